The van der Waals surface area contributed by atoms with Crippen LogP contribution in [-0.2, 0) is 6.42 Å². The maximum Gasteiger partial charge on any atom is 0.259 e. The number of pyridine rings is 1. The van der Waals surface area contributed by atoms with Gasteiger partial charge in [0.05, 0.1) is 16.6 Å². The molecule has 2 aromatic heterocycles. The second kappa shape index (κ2) is 6.75. The van der Waals surface area contributed by atoms with Gasteiger partial charge in [-0.15, -0.1) is 0 Å². The second-order valence-corrected chi connectivity index (χ2v) is 7.50. The highest BCUT2D eigenvalue weighted by atomic mass is 16.5. The van der Waals surface area contributed by atoms with E-state index in [0.29, 0.717) is 17.2 Å². The van der Waals surface area contributed by atoms with Gasteiger partial charge >= 0.3 is 0 Å². The molecule has 1 aliphatic heterocycles. The number of hydrogen-bond donors (Lipinski definition) is 1. The van der Waals surface area contributed by atoms with Gasteiger partial charge in [0.25, 0.3) is 11.6 Å². The predicted octanol–water partition coefficient (Wildman–Crippen LogP) is 2.88. The van der Waals surface area contributed by atoms with Crippen LogP contribution in [0, 0.1) is 0 Å². The minimum absolute atomic E-state index is 0.0184. The number of fused-ring (bicyclic) bond motifs is 1. The first-order valence-corrected chi connectivity index (χ1v) is 9.44. The number of rotatable bonds is 5. The molecule has 1 aliphatic carbocycles. The molecule has 6 heteroatoms. The molecule has 2 fully saturated rings. The van der Waals surface area contributed by atoms with Crippen LogP contribution in [0.15, 0.2) is 10.6 Å². The van der Waals surface area contributed by atoms with E-state index in [1.165, 1.54) is 0 Å². The molecule has 25 heavy (non-hydrogen) atoms. The van der Waals surface area contributed by atoms with Crippen LogP contribution >= 0.6 is 0 Å². The summed E-state index contributed by atoms with van der Waals surface area (Å²) in [7, 11) is 2.10. The Morgan fingerprint density at radius 3 is 2.96 bits per heavy atom. The number of carbonyl (C=O) groups is 1. The molecular weight excluding hydrogens is 316 g/mol. The van der Waals surface area contributed by atoms with E-state index in [4.69, 9.17) is 4.52 Å². The van der Waals surface area contributed by atoms with Crippen LogP contribution in [0.3, 0.4) is 0 Å². The van der Waals surface area contributed by atoms with Crippen molar-refractivity contribution >= 4 is 17.0 Å². The fraction of sp³-hybridized carbons (Fsp3) is 0.632. The normalized spacial score (nSPS) is 21.6. The van der Waals surface area contributed by atoms with Crippen molar-refractivity contribution in [2.45, 2.75) is 57.4 Å². The lowest BCUT2D eigenvalue weighted by atomic mass is 10.0. The number of likely N-dealkylation sites (tertiary alicyclic amines) is 1. The van der Waals surface area contributed by atoms with E-state index in [2.05, 4.69) is 34.3 Å². The number of aromatic nitrogens is 2. The summed E-state index contributed by atoms with van der Waals surface area (Å²) >= 11 is 0. The van der Waals surface area contributed by atoms with Crippen LogP contribution in [0.2, 0.25) is 0 Å². The van der Waals surface area contributed by atoms with Gasteiger partial charge in [-0.3, -0.25) is 4.79 Å². The molecule has 0 spiro atoms. The Morgan fingerprint density at radius 1 is 1.40 bits per heavy atom. The van der Waals surface area contributed by atoms with Gasteiger partial charge in [-0.1, -0.05) is 18.5 Å². The summed E-state index contributed by atoms with van der Waals surface area (Å²) in [5.74, 6) is 0.451. The molecule has 2 aliphatic rings. The molecule has 1 amide bonds. The highest BCUT2D eigenvalue weighted by Crippen LogP contribution is 2.40. The van der Waals surface area contributed by atoms with Gasteiger partial charge in [-0.2, -0.15) is 0 Å². The maximum atomic E-state index is 13.1. The minimum Gasteiger partial charge on any atom is -0.348 e. The average Bonchev–Trinajstić information content (AvgIpc) is 3.37. The predicted molar refractivity (Wildman–Crippen MR) is 95.8 cm³/mol. The number of nitrogens with one attached hydrogen (secondary N) is 1. The first kappa shape index (κ1) is 16.5. The zero-order valence-electron chi connectivity index (χ0n) is 15.0. The summed E-state index contributed by atoms with van der Waals surface area (Å²) in [5.41, 5.74) is 3.01. The van der Waals surface area contributed by atoms with Crippen molar-refractivity contribution in [3.05, 3.63) is 23.0 Å². The van der Waals surface area contributed by atoms with Crippen molar-refractivity contribution in [2.24, 2.45) is 0 Å². The molecule has 1 saturated heterocycles. The van der Waals surface area contributed by atoms with Gasteiger partial charge in [0.1, 0.15) is 0 Å². The molecule has 0 aromatic carbocycles. The summed E-state index contributed by atoms with van der Waals surface area (Å²) in [5, 5.41) is 8.21. The third-order valence-corrected chi connectivity index (χ3v) is 5.22. The van der Waals surface area contributed by atoms with Crippen LogP contribution in [0.25, 0.3) is 11.1 Å². The van der Waals surface area contributed by atoms with Crippen LogP contribution < -0.4 is 5.32 Å². The van der Waals surface area contributed by atoms with Crippen molar-refractivity contribution in [2.75, 3.05) is 20.1 Å². The average molecular weight is 342 g/mol. The Hall–Kier alpha value is -1.95. The highest BCUT2D eigenvalue weighted by molar-refractivity contribution is 6.06. The quantitative estimate of drug-likeness (QED) is 0.905. The number of piperidine rings is 1. The van der Waals surface area contributed by atoms with Crippen molar-refractivity contribution < 1.29 is 9.32 Å². The number of amides is 1. The van der Waals surface area contributed by atoms with Crippen LogP contribution in [0.5, 0.6) is 0 Å². The summed E-state index contributed by atoms with van der Waals surface area (Å²) in [6, 6.07) is 2.17. The van der Waals surface area contributed by atoms with Gasteiger partial charge in [0.15, 0.2) is 0 Å². The number of carbonyl (C=O) groups excluding carboxylic acids is 1. The Kier molecular flexibility index (Phi) is 4.46. The van der Waals surface area contributed by atoms with Crippen LogP contribution in [0.4, 0.5) is 0 Å². The van der Waals surface area contributed by atoms with Crippen molar-refractivity contribution in [1.82, 2.24) is 20.4 Å². The summed E-state index contributed by atoms with van der Waals surface area (Å²) in [6.45, 7) is 4.11. The molecular formula is C19H26N4O2. The van der Waals surface area contributed by atoms with Crippen LogP contribution in [-0.4, -0.2) is 47.1 Å². The van der Waals surface area contributed by atoms with Crippen molar-refractivity contribution in [3.63, 3.8) is 0 Å². The second-order valence-electron chi connectivity index (χ2n) is 7.50. The molecule has 134 valence electrons. The summed E-state index contributed by atoms with van der Waals surface area (Å²) in [6.07, 6.45) is 6.19. The molecule has 1 atom stereocenters. The van der Waals surface area contributed by atoms with Gasteiger partial charge < -0.3 is 14.7 Å². The molecule has 2 aromatic rings. The van der Waals surface area contributed by atoms with Crippen LogP contribution in [0.1, 0.15) is 66.7 Å². The molecule has 0 unspecified atom stereocenters. The first-order chi connectivity index (χ1) is 12.2. The largest absolute Gasteiger partial charge is 0.348 e. The number of likely N-dealkylation sites (N-methyl/N-ethyl adjacent to an activating group) is 1. The lowest BCUT2D eigenvalue weighted by molar-refractivity contribution is 0.0914. The van der Waals surface area contributed by atoms with E-state index in [9.17, 15) is 4.79 Å². The van der Waals surface area contributed by atoms with Gasteiger partial charge in [0.2, 0.25) is 0 Å². The van der Waals surface area contributed by atoms with E-state index in [-0.39, 0.29) is 11.9 Å². The van der Waals surface area contributed by atoms with E-state index >= 15 is 0 Å². The molecule has 0 radical (unpaired) electrons. The Bertz CT molecular complexity index is 781. The molecule has 0 bridgehead atoms. The molecule has 1 N–H and O–H groups in total. The van der Waals surface area contributed by atoms with Gasteiger partial charge in [-0.25, -0.2) is 4.98 Å². The Labute approximate surface area is 148 Å². The first-order valence-electron chi connectivity index (χ1n) is 9.44. The fourth-order valence-corrected chi connectivity index (χ4v) is 3.75. The molecule has 3 heterocycles. The molecule has 6 nitrogen and oxygen atoms in total. The number of hydrogen-bond acceptors (Lipinski definition) is 5. The zero-order valence-corrected chi connectivity index (χ0v) is 15.0. The monoisotopic (exact) mass is 342 g/mol. The molecule has 1 saturated carbocycles. The van der Waals surface area contributed by atoms with Crippen molar-refractivity contribution in [1.29, 1.82) is 0 Å². The number of nitrogens with zero attached hydrogens (tertiary/aromatic N) is 3. The summed E-state index contributed by atoms with van der Waals surface area (Å²) < 4.78 is 5.47. The van der Waals surface area contributed by atoms with Gasteiger partial charge in [-0.05, 0) is 51.8 Å². The highest BCUT2D eigenvalue weighted by Gasteiger charge is 2.29. The van der Waals surface area contributed by atoms with E-state index in [1.807, 2.05) is 6.07 Å². The fourth-order valence-electron chi connectivity index (χ4n) is 3.75. The SMILES string of the molecule is CCCc1noc2nc(C3CC3)cc(C(=O)N[C@H]3CCCN(C)C3)c12. The Morgan fingerprint density at radius 2 is 2.24 bits per heavy atom. The molecule has 4 rings (SSSR count). The minimum atomic E-state index is -0.0184. The lowest BCUT2D eigenvalue weighted by Crippen LogP contribution is -2.46. The number of aryl methyl sites for hydroxylation is 1. The third kappa shape index (κ3) is 3.40. The van der Waals surface area contributed by atoms with E-state index in [1.54, 1.807) is 0 Å². The van der Waals surface area contributed by atoms with Gasteiger partial charge in [0, 0.05) is 24.2 Å². The topological polar surface area (TPSA) is 71.3 Å². The zero-order chi connectivity index (χ0) is 17.4. The van der Waals surface area contributed by atoms with Crippen molar-refractivity contribution in [3.8, 4) is 0 Å². The Balaban J connectivity index is 1.67. The smallest absolute Gasteiger partial charge is 0.259 e. The third-order valence-electron chi connectivity index (χ3n) is 5.22. The van der Waals surface area contributed by atoms with E-state index in [0.717, 1.165) is 68.4 Å². The maximum absolute atomic E-state index is 13.1. The summed E-state index contributed by atoms with van der Waals surface area (Å²) in [4.78, 5) is 20.0. The standard InChI is InChI=1S/C19H26N4O2/c1-3-5-15-17-14(18(24)20-13-6-4-9-23(2)11-13)10-16(12-7-8-12)21-19(17)25-22-15/h10,12-13H,3-9,11H2,1-2H3,(H,20,24)/t13-/m0/s1. The lowest BCUT2D eigenvalue weighted by Gasteiger charge is -2.30. The van der Waals surface area contributed by atoms with E-state index < -0.39 is 0 Å².